The zero-order valence-electron chi connectivity index (χ0n) is 15.5. The lowest BCUT2D eigenvalue weighted by Crippen LogP contribution is -2.30. The van der Waals surface area contributed by atoms with Gasteiger partial charge in [-0.25, -0.2) is 9.78 Å². The first-order valence-electron chi connectivity index (χ1n) is 9.14. The van der Waals surface area contributed by atoms with Crippen LogP contribution in [0.15, 0.2) is 18.2 Å². The average molecular weight is 404 g/mol. The Morgan fingerprint density at radius 2 is 2.19 bits per heavy atom. The average Bonchev–Trinajstić information content (AvgIpc) is 3.31. The number of aromatic amines is 1. The summed E-state index contributed by atoms with van der Waals surface area (Å²) in [6.45, 7) is 7.30. The zero-order chi connectivity index (χ0) is 19.3. The summed E-state index contributed by atoms with van der Waals surface area (Å²) in [5.41, 5.74) is 3.51. The van der Waals surface area contributed by atoms with E-state index in [9.17, 15) is 9.90 Å². The molecule has 1 aliphatic rings. The fraction of sp³-hybridized carbons (Fsp3) is 0.400. The normalized spacial score (nSPS) is 18.0. The van der Waals surface area contributed by atoms with Crippen LogP contribution in [0.5, 0.6) is 0 Å². The summed E-state index contributed by atoms with van der Waals surface area (Å²) in [4.78, 5) is 22.1. The number of carboxylic acid groups (broad SMARTS) is 1. The Kier molecular flexibility index (Phi) is 4.74. The lowest BCUT2D eigenvalue weighted by Gasteiger charge is -2.27. The molecule has 1 fully saturated rings. The molecule has 1 saturated heterocycles. The fourth-order valence-corrected chi connectivity index (χ4v) is 5.15. The second-order valence-electron chi connectivity index (χ2n) is 7.38. The van der Waals surface area contributed by atoms with Crippen LogP contribution in [0.25, 0.3) is 21.5 Å². The number of rotatable bonds is 4. The van der Waals surface area contributed by atoms with E-state index in [1.165, 1.54) is 23.5 Å². The van der Waals surface area contributed by atoms with Crippen molar-refractivity contribution in [2.75, 3.05) is 6.54 Å². The third kappa shape index (κ3) is 3.26. The highest BCUT2D eigenvalue weighted by atomic mass is 35.5. The molecule has 1 unspecified atom stereocenters. The van der Waals surface area contributed by atoms with E-state index in [1.54, 1.807) is 6.92 Å². The van der Waals surface area contributed by atoms with E-state index in [2.05, 4.69) is 34.8 Å². The fourth-order valence-electron chi connectivity index (χ4n) is 3.98. The molecule has 0 amide bonds. The van der Waals surface area contributed by atoms with Gasteiger partial charge in [-0.05, 0) is 58.4 Å². The van der Waals surface area contributed by atoms with E-state index in [4.69, 9.17) is 11.6 Å². The first kappa shape index (κ1) is 18.5. The predicted octanol–water partition coefficient (Wildman–Crippen LogP) is 5.50. The van der Waals surface area contributed by atoms with Gasteiger partial charge in [-0.15, -0.1) is 11.3 Å². The van der Waals surface area contributed by atoms with Crippen LogP contribution >= 0.6 is 22.9 Å². The quantitative estimate of drug-likeness (QED) is 0.603. The molecule has 3 aromatic rings. The molecule has 2 N–H and O–H groups in total. The SMILES string of the molecule is Cc1nc(-c2cc(Cl)c3[nH]c(C4CCCN4C(C)C)cc3c2)sc1C(=O)O. The van der Waals surface area contributed by atoms with Crippen molar-refractivity contribution in [2.45, 2.75) is 45.7 Å². The minimum atomic E-state index is -0.942. The Balaban J connectivity index is 1.76. The summed E-state index contributed by atoms with van der Waals surface area (Å²) in [6.07, 6.45) is 2.34. The number of aromatic nitrogens is 2. The van der Waals surface area contributed by atoms with E-state index in [-0.39, 0.29) is 4.88 Å². The summed E-state index contributed by atoms with van der Waals surface area (Å²) in [7, 11) is 0. The van der Waals surface area contributed by atoms with Gasteiger partial charge in [0.15, 0.2) is 0 Å². The van der Waals surface area contributed by atoms with E-state index >= 15 is 0 Å². The number of H-pyrrole nitrogens is 1. The van der Waals surface area contributed by atoms with E-state index in [0.29, 0.717) is 27.8 Å². The van der Waals surface area contributed by atoms with Crippen molar-refractivity contribution in [1.29, 1.82) is 0 Å². The van der Waals surface area contributed by atoms with Crippen molar-refractivity contribution >= 4 is 39.8 Å². The van der Waals surface area contributed by atoms with E-state index < -0.39 is 5.97 Å². The minimum Gasteiger partial charge on any atom is -0.477 e. The number of nitrogens with one attached hydrogen (secondary N) is 1. The summed E-state index contributed by atoms with van der Waals surface area (Å²) >= 11 is 7.74. The van der Waals surface area contributed by atoms with Gasteiger partial charge in [0.05, 0.1) is 22.3 Å². The molecule has 0 aliphatic carbocycles. The number of aryl methyl sites for hydroxylation is 1. The molecular weight excluding hydrogens is 382 g/mol. The maximum Gasteiger partial charge on any atom is 0.347 e. The van der Waals surface area contributed by atoms with Gasteiger partial charge in [-0.2, -0.15) is 0 Å². The molecule has 142 valence electrons. The zero-order valence-corrected chi connectivity index (χ0v) is 17.1. The van der Waals surface area contributed by atoms with Gasteiger partial charge in [0.2, 0.25) is 0 Å². The Hall–Kier alpha value is -1.89. The highest BCUT2D eigenvalue weighted by molar-refractivity contribution is 7.17. The number of hydrogen-bond acceptors (Lipinski definition) is 4. The molecular formula is C20H22ClN3O2S. The Morgan fingerprint density at radius 3 is 2.85 bits per heavy atom. The predicted molar refractivity (Wildman–Crippen MR) is 110 cm³/mol. The van der Waals surface area contributed by atoms with Crippen LogP contribution in [-0.4, -0.2) is 38.5 Å². The number of nitrogens with zero attached hydrogens (tertiary/aromatic N) is 2. The number of carboxylic acids is 1. The molecule has 1 aromatic carbocycles. The summed E-state index contributed by atoms with van der Waals surface area (Å²) in [5.74, 6) is -0.942. The van der Waals surface area contributed by atoms with Crippen LogP contribution < -0.4 is 0 Å². The third-order valence-electron chi connectivity index (χ3n) is 5.26. The number of hydrogen-bond donors (Lipinski definition) is 2. The molecule has 7 heteroatoms. The van der Waals surface area contributed by atoms with Gasteiger partial charge in [-0.3, -0.25) is 4.90 Å². The molecule has 0 saturated carbocycles. The molecule has 2 aromatic heterocycles. The van der Waals surface area contributed by atoms with Gasteiger partial charge in [0.1, 0.15) is 9.88 Å². The Morgan fingerprint density at radius 1 is 1.41 bits per heavy atom. The third-order valence-corrected chi connectivity index (χ3v) is 6.75. The number of likely N-dealkylation sites (tertiary alicyclic amines) is 1. The Labute approximate surface area is 167 Å². The van der Waals surface area contributed by atoms with Crippen LogP contribution in [0.3, 0.4) is 0 Å². The second-order valence-corrected chi connectivity index (χ2v) is 8.78. The Bertz CT molecular complexity index is 1020. The van der Waals surface area contributed by atoms with Crippen LogP contribution in [0.2, 0.25) is 5.02 Å². The van der Waals surface area contributed by atoms with Gasteiger partial charge in [-0.1, -0.05) is 11.6 Å². The molecule has 0 spiro atoms. The minimum absolute atomic E-state index is 0.273. The van der Waals surface area contributed by atoms with Gasteiger partial charge in [0, 0.05) is 22.7 Å². The number of thiazole rings is 1. The molecule has 1 aliphatic heterocycles. The molecule has 0 bridgehead atoms. The summed E-state index contributed by atoms with van der Waals surface area (Å²) < 4.78 is 0. The van der Waals surface area contributed by atoms with Crippen LogP contribution in [0, 0.1) is 6.92 Å². The van der Waals surface area contributed by atoms with Gasteiger partial charge >= 0.3 is 5.97 Å². The first-order valence-corrected chi connectivity index (χ1v) is 10.3. The summed E-state index contributed by atoms with van der Waals surface area (Å²) in [6, 6.07) is 6.97. The lowest BCUT2D eigenvalue weighted by atomic mass is 10.1. The molecule has 3 heterocycles. The van der Waals surface area contributed by atoms with Crippen molar-refractivity contribution in [3.8, 4) is 10.6 Å². The van der Waals surface area contributed by atoms with Crippen molar-refractivity contribution in [3.63, 3.8) is 0 Å². The lowest BCUT2D eigenvalue weighted by molar-refractivity contribution is 0.0701. The topological polar surface area (TPSA) is 69.2 Å². The van der Waals surface area contributed by atoms with Gasteiger partial charge < -0.3 is 10.1 Å². The van der Waals surface area contributed by atoms with Crippen LogP contribution in [0.1, 0.15) is 53.8 Å². The molecule has 1 atom stereocenters. The van der Waals surface area contributed by atoms with E-state index in [1.807, 2.05) is 12.1 Å². The van der Waals surface area contributed by atoms with Crippen LogP contribution in [0.4, 0.5) is 0 Å². The number of benzene rings is 1. The first-order chi connectivity index (χ1) is 12.8. The highest BCUT2D eigenvalue weighted by Gasteiger charge is 2.29. The van der Waals surface area contributed by atoms with Crippen molar-refractivity contribution in [1.82, 2.24) is 14.9 Å². The monoisotopic (exact) mass is 403 g/mol. The maximum atomic E-state index is 11.3. The van der Waals surface area contributed by atoms with E-state index in [0.717, 1.165) is 29.4 Å². The van der Waals surface area contributed by atoms with Crippen molar-refractivity contribution in [2.24, 2.45) is 0 Å². The number of aromatic carboxylic acids is 1. The maximum absolute atomic E-state index is 11.3. The summed E-state index contributed by atoms with van der Waals surface area (Å²) in [5, 5.41) is 11.6. The number of carbonyl (C=O) groups is 1. The largest absolute Gasteiger partial charge is 0.477 e. The van der Waals surface area contributed by atoms with Crippen molar-refractivity contribution in [3.05, 3.63) is 39.5 Å². The molecule has 0 radical (unpaired) electrons. The van der Waals surface area contributed by atoms with Crippen molar-refractivity contribution < 1.29 is 9.90 Å². The number of fused-ring (bicyclic) bond motifs is 1. The molecule has 27 heavy (non-hydrogen) atoms. The highest BCUT2D eigenvalue weighted by Crippen LogP contribution is 2.38. The second kappa shape index (κ2) is 6.93. The standard InChI is InChI=1S/C20H22ClN3O2S/c1-10(2)24-6-4-5-16(24)15-9-12-7-13(8-14(21)17(12)23-15)19-22-11(3)18(27-19)20(25)26/h7-10,16,23H,4-6H2,1-3H3,(H,25,26). The van der Waals surface area contributed by atoms with Gasteiger partial charge in [0.25, 0.3) is 0 Å². The molecule has 5 nitrogen and oxygen atoms in total. The number of halogens is 1. The molecule has 4 rings (SSSR count). The smallest absolute Gasteiger partial charge is 0.347 e. The van der Waals surface area contributed by atoms with Crippen LogP contribution in [-0.2, 0) is 0 Å².